The molecule has 4 nitrogen and oxygen atoms in total. The third-order valence-corrected chi connectivity index (χ3v) is 4.26. The molecule has 2 aliphatic rings. The highest BCUT2D eigenvalue weighted by atomic mass is 32.1. The van der Waals surface area contributed by atoms with E-state index in [1.165, 1.54) is 0 Å². The van der Waals surface area contributed by atoms with Crippen molar-refractivity contribution in [3.05, 3.63) is 0 Å². The topological polar surface area (TPSA) is 55.6 Å². The number of hydrogen-bond acceptors (Lipinski definition) is 3. The van der Waals surface area contributed by atoms with E-state index in [-0.39, 0.29) is 29.9 Å². The molecule has 0 aromatic carbocycles. The Morgan fingerprint density at radius 2 is 2.17 bits per heavy atom. The lowest BCUT2D eigenvalue weighted by atomic mass is 9.93. The number of fused-ring (bicyclic) bond motifs is 1. The molecule has 0 bridgehead atoms. The molecule has 1 saturated heterocycles. The van der Waals surface area contributed by atoms with Crippen molar-refractivity contribution in [3.63, 3.8) is 0 Å². The minimum atomic E-state index is -0.334. The Labute approximate surface area is 114 Å². The third kappa shape index (κ3) is 2.52. The Morgan fingerprint density at radius 3 is 2.78 bits per heavy atom. The van der Waals surface area contributed by atoms with Gasteiger partial charge in [-0.15, -0.1) is 0 Å². The fourth-order valence-electron chi connectivity index (χ4n) is 3.11. The van der Waals surface area contributed by atoms with Gasteiger partial charge in [-0.3, -0.25) is 4.79 Å². The Hall–Kier alpha value is -0.680. The van der Waals surface area contributed by atoms with Gasteiger partial charge in [0.2, 0.25) is 5.91 Å². The number of rotatable bonds is 3. The second-order valence-electron chi connectivity index (χ2n) is 5.56. The molecule has 102 valence electrons. The largest absolute Gasteiger partial charge is 0.393 e. The summed E-state index contributed by atoms with van der Waals surface area (Å²) in [4.78, 5) is 14.9. The summed E-state index contributed by atoms with van der Waals surface area (Å²) in [6, 6.07) is 0.238. The normalized spacial score (nSPS) is 29.2. The van der Waals surface area contributed by atoms with E-state index in [0.717, 1.165) is 19.3 Å². The number of carbonyl (C=O) groups excluding carboxylic acids is 1. The molecule has 1 amide bonds. The molecule has 1 aliphatic heterocycles. The predicted octanol–water partition coefficient (Wildman–Crippen LogP) is 1.32. The zero-order valence-corrected chi connectivity index (χ0v) is 11.9. The molecule has 3 unspecified atom stereocenters. The van der Waals surface area contributed by atoms with Crippen LogP contribution in [0, 0.1) is 11.8 Å². The van der Waals surface area contributed by atoms with Crippen molar-refractivity contribution in [1.29, 1.82) is 0 Å². The molecule has 0 aromatic rings. The van der Waals surface area contributed by atoms with E-state index in [2.05, 4.69) is 0 Å². The highest BCUT2D eigenvalue weighted by Crippen LogP contribution is 2.31. The summed E-state index contributed by atoms with van der Waals surface area (Å²) in [5, 5.41) is 0. The smallest absolute Gasteiger partial charge is 0.233 e. The highest BCUT2D eigenvalue weighted by Gasteiger charge is 2.41. The zero-order valence-electron chi connectivity index (χ0n) is 11.1. The maximum absolute atomic E-state index is 12.6. The summed E-state index contributed by atoms with van der Waals surface area (Å²) in [6.07, 6.45) is 3.46. The molecule has 1 aliphatic carbocycles. The fourth-order valence-corrected chi connectivity index (χ4v) is 3.49. The van der Waals surface area contributed by atoms with Crippen LogP contribution in [-0.4, -0.2) is 41.1 Å². The van der Waals surface area contributed by atoms with Gasteiger partial charge in [0, 0.05) is 6.54 Å². The van der Waals surface area contributed by atoms with Crippen LogP contribution in [0.2, 0.25) is 0 Å². The molecule has 18 heavy (non-hydrogen) atoms. The first-order valence-corrected chi connectivity index (χ1v) is 7.14. The van der Waals surface area contributed by atoms with Crippen molar-refractivity contribution in [1.82, 2.24) is 4.90 Å². The molecule has 0 spiro atoms. The molecule has 2 N–H and O–H groups in total. The molecule has 2 rings (SSSR count). The number of nitrogens with zero attached hydrogens (tertiary/aromatic N) is 1. The number of nitrogens with two attached hydrogens (primary N) is 1. The van der Waals surface area contributed by atoms with Crippen LogP contribution >= 0.6 is 12.2 Å². The van der Waals surface area contributed by atoms with E-state index >= 15 is 0 Å². The average molecular weight is 270 g/mol. The van der Waals surface area contributed by atoms with Gasteiger partial charge in [-0.1, -0.05) is 26.1 Å². The van der Waals surface area contributed by atoms with E-state index < -0.39 is 0 Å². The van der Waals surface area contributed by atoms with Gasteiger partial charge in [-0.05, 0) is 25.2 Å². The Bertz CT molecular complexity index is 346. The Balaban J connectivity index is 2.13. The summed E-state index contributed by atoms with van der Waals surface area (Å²) in [6.45, 7) is 5.30. The maximum atomic E-state index is 12.6. The maximum Gasteiger partial charge on any atom is 0.233 e. The first-order valence-electron chi connectivity index (χ1n) is 6.73. The first kappa shape index (κ1) is 13.7. The zero-order chi connectivity index (χ0) is 13.3. The minimum absolute atomic E-state index is 0.0951. The molecular formula is C13H22N2O2S. The first-order chi connectivity index (χ1) is 8.52. The van der Waals surface area contributed by atoms with Gasteiger partial charge in [0.25, 0.3) is 0 Å². The van der Waals surface area contributed by atoms with Gasteiger partial charge in [0.05, 0.1) is 29.7 Å². The van der Waals surface area contributed by atoms with Crippen molar-refractivity contribution in [3.8, 4) is 0 Å². The lowest BCUT2D eigenvalue weighted by Gasteiger charge is -2.40. The van der Waals surface area contributed by atoms with E-state index in [1.807, 2.05) is 18.7 Å². The van der Waals surface area contributed by atoms with Crippen LogP contribution in [-0.2, 0) is 9.53 Å². The minimum Gasteiger partial charge on any atom is -0.393 e. The van der Waals surface area contributed by atoms with Gasteiger partial charge in [0.15, 0.2) is 0 Å². The van der Waals surface area contributed by atoms with Gasteiger partial charge in [0.1, 0.15) is 0 Å². The molecule has 5 heteroatoms. The number of hydrogen-bond donors (Lipinski definition) is 1. The standard InChI is InChI=1S/C13H22N2O2S/c1-8(2)11(12(14)18)13(16)15-6-7-17-10-5-3-4-9(10)15/h8-11H,3-7H2,1-2H3,(H2,14,18). The van der Waals surface area contributed by atoms with Crippen LogP contribution in [0.25, 0.3) is 0 Å². The number of amides is 1. The van der Waals surface area contributed by atoms with Crippen LogP contribution in [0.4, 0.5) is 0 Å². The van der Waals surface area contributed by atoms with Crippen molar-refractivity contribution in [2.75, 3.05) is 13.2 Å². The summed E-state index contributed by atoms with van der Waals surface area (Å²) in [7, 11) is 0. The fraction of sp³-hybridized carbons (Fsp3) is 0.846. The van der Waals surface area contributed by atoms with Gasteiger partial charge in [-0.2, -0.15) is 0 Å². The molecule has 2 fully saturated rings. The van der Waals surface area contributed by atoms with Crippen molar-refractivity contribution in [2.24, 2.45) is 17.6 Å². The SMILES string of the molecule is CC(C)C(C(=O)N1CCOC2CCCC21)C(N)=S. The van der Waals surface area contributed by atoms with E-state index in [4.69, 9.17) is 22.7 Å². The quantitative estimate of drug-likeness (QED) is 0.786. The van der Waals surface area contributed by atoms with Gasteiger partial charge >= 0.3 is 0 Å². The predicted molar refractivity (Wildman–Crippen MR) is 74.2 cm³/mol. The van der Waals surface area contributed by atoms with Crippen LogP contribution in [0.1, 0.15) is 33.1 Å². The lowest BCUT2D eigenvalue weighted by Crippen LogP contribution is -2.55. The number of thiocarbonyl (C=S) groups is 1. The number of carbonyl (C=O) groups is 1. The van der Waals surface area contributed by atoms with Crippen LogP contribution in [0.3, 0.4) is 0 Å². The highest BCUT2D eigenvalue weighted by molar-refractivity contribution is 7.80. The number of morpholine rings is 1. The molecule has 0 radical (unpaired) electrons. The van der Waals surface area contributed by atoms with Gasteiger partial charge in [-0.25, -0.2) is 0 Å². The van der Waals surface area contributed by atoms with Crippen LogP contribution in [0.15, 0.2) is 0 Å². The monoisotopic (exact) mass is 270 g/mol. The van der Waals surface area contributed by atoms with Gasteiger partial charge < -0.3 is 15.4 Å². The van der Waals surface area contributed by atoms with E-state index in [1.54, 1.807) is 0 Å². The van der Waals surface area contributed by atoms with E-state index in [0.29, 0.717) is 18.1 Å². The summed E-state index contributed by atoms with van der Waals surface area (Å²) >= 11 is 5.06. The molecule has 0 aromatic heterocycles. The average Bonchev–Trinajstić information content (AvgIpc) is 2.75. The molecular weight excluding hydrogens is 248 g/mol. The van der Waals surface area contributed by atoms with Crippen molar-refractivity contribution < 1.29 is 9.53 Å². The Kier molecular flexibility index (Phi) is 4.22. The van der Waals surface area contributed by atoms with Crippen molar-refractivity contribution in [2.45, 2.75) is 45.3 Å². The van der Waals surface area contributed by atoms with E-state index in [9.17, 15) is 4.79 Å². The molecule has 1 saturated carbocycles. The summed E-state index contributed by atoms with van der Waals surface area (Å²) in [5.74, 6) is -0.0882. The third-order valence-electron chi connectivity index (χ3n) is 4.00. The summed E-state index contributed by atoms with van der Waals surface area (Å²) in [5.41, 5.74) is 5.74. The van der Waals surface area contributed by atoms with Crippen molar-refractivity contribution >= 4 is 23.1 Å². The summed E-state index contributed by atoms with van der Waals surface area (Å²) < 4.78 is 5.72. The second kappa shape index (κ2) is 5.53. The molecule has 3 atom stereocenters. The van der Waals surface area contributed by atoms with Crippen LogP contribution in [0.5, 0.6) is 0 Å². The molecule has 1 heterocycles. The lowest BCUT2D eigenvalue weighted by molar-refractivity contribution is -0.147. The second-order valence-corrected chi connectivity index (χ2v) is 6.03. The number of ether oxygens (including phenoxy) is 1. The van der Waals surface area contributed by atoms with Crippen LogP contribution < -0.4 is 5.73 Å². The Morgan fingerprint density at radius 1 is 1.44 bits per heavy atom.